The molecule has 1 aliphatic rings. The predicted molar refractivity (Wildman–Crippen MR) is 136 cm³/mol. The van der Waals surface area contributed by atoms with Crippen LogP contribution in [0.15, 0.2) is 35.3 Å². The molecule has 0 radical (unpaired) electrons. The summed E-state index contributed by atoms with van der Waals surface area (Å²) in [5.74, 6) is -3.89. The van der Waals surface area contributed by atoms with Gasteiger partial charge >= 0.3 is 5.97 Å². The zero-order valence-corrected chi connectivity index (χ0v) is 21.0. The quantitative estimate of drug-likeness (QED) is 0.117. The molecule has 1 fully saturated rings. The van der Waals surface area contributed by atoms with Gasteiger partial charge in [0.05, 0.1) is 18.5 Å². The van der Waals surface area contributed by atoms with E-state index >= 15 is 0 Å². The van der Waals surface area contributed by atoms with E-state index in [0.717, 1.165) is 10.5 Å². The van der Waals surface area contributed by atoms with Crippen LogP contribution in [-0.2, 0) is 30.4 Å². The average Bonchev–Trinajstić information content (AvgIpc) is 3.34. The number of amides is 3. The number of aliphatic imine (C=N–C) groups is 1. The van der Waals surface area contributed by atoms with Gasteiger partial charge in [-0.15, -0.1) is 0 Å². The van der Waals surface area contributed by atoms with Crippen LogP contribution in [0.4, 0.5) is 0 Å². The summed E-state index contributed by atoms with van der Waals surface area (Å²) in [6.45, 7) is 2.08. The summed E-state index contributed by atoms with van der Waals surface area (Å²) < 4.78 is 0. The molecule has 0 saturated carbocycles. The molecule has 0 aliphatic carbocycles. The van der Waals surface area contributed by atoms with Crippen molar-refractivity contribution in [2.45, 2.75) is 63.6 Å². The fraction of sp³-hybridized carbons (Fsp3) is 0.520. The molecule has 7 N–H and O–H groups in total. The van der Waals surface area contributed by atoms with Crippen molar-refractivity contribution < 1.29 is 29.1 Å². The number of nitrogens with zero attached hydrogens (tertiary/aromatic N) is 3. The maximum atomic E-state index is 13.8. The third-order valence-electron chi connectivity index (χ3n) is 6.25. The molecule has 3 amide bonds. The molecule has 202 valence electrons. The largest absolute Gasteiger partial charge is 0.481 e. The Balaban J connectivity index is 2.31. The van der Waals surface area contributed by atoms with E-state index in [4.69, 9.17) is 22.3 Å². The molecule has 0 aromatic heterocycles. The molecular weight excluding hydrogens is 480 g/mol. The van der Waals surface area contributed by atoms with Crippen molar-refractivity contribution in [3.05, 3.63) is 35.9 Å². The number of rotatable bonds is 13. The number of hydrogen-bond acceptors (Lipinski definition) is 7. The van der Waals surface area contributed by atoms with Crippen molar-refractivity contribution in [1.82, 2.24) is 9.80 Å². The highest BCUT2D eigenvalue weighted by Gasteiger charge is 2.43. The van der Waals surface area contributed by atoms with Crippen LogP contribution in [0.3, 0.4) is 0 Å². The summed E-state index contributed by atoms with van der Waals surface area (Å²) >= 11 is 0. The lowest BCUT2D eigenvalue weighted by Gasteiger charge is -2.34. The summed E-state index contributed by atoms with van der Waals surface area (Å²) in [6, 6.07) is 5.83. The number of carboxylic acids is 1. The third kappa shape index (κ3) is 8.38. The Hall–Kier alpha value is -3.80. The highest BCUT2D eigenvalue weighted by atomic mass is 16.4. The maximum Gasteiger partial charge on any atom is 0.305 e. The van der Waals surface area contributed by atoms with Gasteiger partial charge in [0.15, 0.2) is 5.96 Å². The lowest BCUT2D eigenvalue weighted by molar-refractivity contribution is -0.157. The molecule has 1 aliphatic heterocycles. The van der Waals surface area contributed by atoms with Gasteiger partial charge in [-0.3, -0.25) is 29.1 Å². The van der Waals surface area contributed by atoms with Crippen LogP contribution in [0, 0.1) is 5.92 Å². The van der Waals surface area contributed by atoms with Crippen LogP contribution >= 0.6 is 0 Å². The van der Waals surface area contributed by atoms with Crippen molar-refractivity contribution in [2.75, 3.05) is 13.1 Å². The molecule has 0 spiro atoms. The first-order valence-corrected chi connectivity index (χ1v) is 12.3. The second-order valence-corrected chi connectivity index (χ2v) is 9.18. The number of guanidine groups is 1. The minimum absolute atomic E-state index is 0.110. The zero-order chi connectivity index (χ0) is 27.5. The van der Waals surface area contributed by atoms with Gasteiger partial charge < -0.3 is 32.0 Å². The first kappa shape index (κ1) is 29.4. The van der Waals surface area contributed by atoms with Gasteiger partial charge in [-0.05, 0) is 37.7 Å². The molecule has 1 heterocycles. The van der Waals surface area contributed by atoms with Crippen molar-refractivity contribution >= 4 is 35.9 Å². The van der Waals surface area contributed by atoms with Crippen molar-refractivity contribution in [1.29, 1.82) is 0 Å². The van der Waals surface area contributed by atoms with Gasteiger partial charge in [-0.25, -0.2) is 0 Å². The minimum Gasteiger partial charge on any atom is -0.481 e. The zero-order valence-electron chi connectivity index (χ0n) is 21.0. The maximum absolute atomic E-state index is 13.8. The molecular formula is C25H36N6O6. The van der Waals surface area contributed by atoms with E-state index in [1.54, 1.807) is 6.92 Å². The van der Waals surface area contributed by atoms with Gasteiger partial charge in [-0.2, -0.15) is 0 Å². The fourth-order valence-electron chi connectivity index (χ4n) is 4.43. The van der Waals surface area contributed by atoms with Crippen LogP contribution in [0.5, 0.6) is 0 Å². The van der Waals surface area contributed by atoms with E-state index in [1.807, 2.05) is 30.3 Å². The van der Waals surface area contributed by atoms with Gasteiger partial charge in [0.1, 0.15) is 12.3 Å². The number of hydrogen-bond donors (Lipinski definition) is 4. The predicted octanol–water partition coefficient (Wildman–Crippen LogP) is -0.365. The van der Waals surface area contributed by atoms with E-state index in [9.17, 15) is 24.0 Å². The van der Waals surface area contributed by atoms with Crippen LogP contribution < -0.4 is 17.2 Å². The van der Waals surface area contributed by atoms with E-state index in [2.05, 4.69) is 4.99 Å². The molecule has 1 aromatic carbocycles. The molecule has 2 rings (SSSR count). The highest BCUT2D eigenvalue weighted by molar-refractivity contribution is 6.02. The average molecular weight is 517 g/mol. The Morgan fingerprint density at radius 1 is 1.22 bits per heavy atom. The summed E-state index contributed by atoms with van der Waals surface area (Å²) in [4.78, 5) is 69.4. The molecule has 4 atom stereocenters. The Bertz CT molecular complexity index is 997. The van der Waals surface area contributed by atoms with Crippen LogP contribution in [0.25, 0.3) is 0 Å². The second-order valence-electron chi connectivity index (χ2n) is 9.18. The number of carbonyl (C=O) groups is 5. The smallest absolute Gasteiger partial charge is 0.305 e. The van der Waals surface area contributed by atoms with E-state index < -0.39 is 54.2 Å². The lowest BCUT2D eigenvalue weighted by Crippen LogP contribution is -2.57. The van der Waals surface area contributed by atoms with Gasteiger partial charge in [0.25, 0.3) is 5.91 Å². The fourth-order valence-corrected chi connectivity index (χ4v) is 4.43. The van der Waals surface area contributed by atoms with Crippen LogP contribution in [-0.4, -0.2) is 82.1 Å². The molecule has 12 nitrogen and oxygen atoms in total. The van der Waals surface area contributed by atoms with Crippen LogP contribution in [0.2, 0.25) is 0 Å². The molecule has 1 saturated heterocycles. The summed E-state index contributed by atoms with van der Waals surface area (Å²) in [5, 5.41) is 9.00. The number of carbonyl (C=O) groups excluding carboxylic acids is 4. The van der Waals surface area contributed by atoms with Crippen LogP contribution in [0.1, 0.15) is 44.6 Å². The molecule has 0 bridgehead atoms. The summed E-state index contributed by atoms with van der Waals surface area (Å²) in [5.41, 5.74) is 17.4. The topological polar surface area (TPSA) is 202 Å². The standard InChI is InChI=1S/C25H36N6O6/c1-16(13-17-7-3-2-4-8-17)22(35)31(18(15-32)9-5-11-29-25(27)28)24(37)20-10-6-12-30(20)23(36)19(26)14-21(33)34/h2-4,7-8,15-16,18-20H,5-6,9-14,26H2,1H3,(H,33,34)(H4,27,28,29)/t16?,18-,19-,20-/m0/s1. The summed E-state index contributed by atoms with van der Waals surface area (Å²) in [7, 11) is 0. The first-order chi connectivity index (χ1) is 17.6. The lowest BCUT2D eigenvalue weighted by atomic mass is 9.97. The summed E-state index contributed by atoms with van der Waals surface area (Å²) in [6.07, 6.45) is 1.50. The number of imide groups is 1. The van der Waals surface area contributed by atoms with Gasteiger partial charge in [0.2, 0.25) is 11.8 Å². The third-order valence-corrected chi connectivity index (χ3v) is 6.25. The Morgan fingerprint density at radius 2 is 1.89 bits per heavy atom. The van der Waals surface area contributed by atoms with E-state index in [0.29, 0.717) is 25.5 Å². The van der Waals surface area contributed by atoms with Gasteiger partial charge in [0, 0.05) is 19.0 Å². The molecule has 12 heteroatoms. The molecule has 1 unspecified atom stereocenters. The number of benzene rings is 1. The first-order valence-electron chi connectivity index (χ1n) is 12.3. The number of carboxylic acid groups (broad SMARTS) is 1. The normalized spacial score (nSPS) is 17.4. The number of aliphatic carboxylic acids is 1. The highest BCUT2D eigenvalue weighted by Crippen LogP contribution is 2.24. The SMILES string of the molecule is CC(Cc1ccccc1)C(=O)N(C(=O)[C@@H]1CCCN1C(=O)[C@@H](N)CC(=O)O)[C@H](C=O)CCCN=C(N)N. The monoisotopic (exact) mass is 516 g/mol. The number of nitrogens with two attached hydrogens (primary N) is 3. The van der Waals surface area contributed by atoms with Crippen molar-refractivity contribution in [3.8, 4) is 0 Å². The molecule has 1 aromatic rings. The Morgan fingerprint density at radius 3 is 2.49 bits per heavy atom. The van der Waals surface area contributed by atoms with Crippen molar-refractivity contribution in [3.63, 3.8) is 0 Å². The Labute approximate surface area is 215 Å². The van der Waals surface area contributed by atoms with Crippen molar-refractivity contribution in [2.24, 2.45) is 28.1 Å². The minimum atomic E-state index is -1.33. The van der Waals surface area contributed by atoms with E-state index in [1.165, 1.54) is 4.90 Å². The Kier molecular flexibility index (Phi) is 11.2. The number of aldehydes is 1. The molecule has 37 heavy (non-hydrogen) atoms. The second kappa shape index (κ2) is 14.1. The number of likely N-dealkylation sites (tertiary alicyclic amines) is 1. The van der Waals surface area contributed by atoms with E-state index in [-0.39, 0.29) is 31.9 Å². The van der Waals surface area contributed by atoms with Gasteiger partial charge in [-0.1, -0.05) is 37.3 Å².